The first-order valence-corrected chi connectivity index (χ1v) is 7.75. The third kappa shape index (κ3) is 3.32. The normalized spacial score (nSPS) is 15.7. The van der Waals surface area contributed by atoms with Crippen molar-refractivity contribution in [2.24, 2.45) is 5.92 Å². The molecule has 6 heteroatoms. The third-order valence-electron chi connectivity index (χ3n) is 4.14. The van der Waals surface area contributed by atoms with E-state index in [0.717, 1.165) is 18.2 Å². The molecule has 0 bridgehead atoms. The average Bonchev–Trinajstić information content (AvgIpc) is 2.95. The molecule has 22 heavy (non-hydrogen) atoms. The van der Waals surface area contributed by atoms with Crippen LogP contribution in [-0.4, -0.2) is 23.4 Å². The number of aromatic nitrogens is 2. The van der Waals surface area contributed by atoms with Crippen molar-refractivity contribution in [1.82, 2.24) is 9.78 Å². The Morgan fingerprint density at radius 3 is 2.64 bits per heavy atom. The number of methoxy groups -OCH3 is 1. The van der Waals surface area contributed by atoms with Crippen molar-refractivity contribution in [1.29, 1.82) is 0 Å². The van der Waals surface area contributed by atoms with Gasteiger partial charge in [0.05, 0.1) is 12.8 Å². The van der Waals surface area contributed by atoms with Crippen LogP contribution >= 0.6 is 0 Å². The molecule has 118 valence electrons. The maximum absolute atomic E-state index is 11.7. The summed E-state index contributed by atoms with van der Waals surface area (Å²) in [4.78, 5) is 11.7. The molecule has 3 rings (SSSR count). The van der Waals surface area contributed by atoms with Crippen LogP contribution in [0.5, 0.6) is 6.08 Å². The van der Waals surface area contributed by atoms with Crippen LogP contribution in [-0.2, 0) is 0 Å². The Morgan fingerprint density at radius 2 is 2.00 bits per heavy atom. The van der Waals surface area contributed by atoms with Crippen molar-refractivity contribution in [3.05, 3.63) is 34.8 Å². The van der Waals surface area contributed by atoms with Crippen molar-refractivity contribution < 1.29 is 9.15 Å². The third-order valence-corrected chi connectivity index (χ3v) is 4.14. The molecule has 2 aromatic rings. The smallest absolute Gasteiger partial charge is 0.444 e. The highest BCUT2D eigenvalue weighted by molar-refractivity contribution is 5.48. The van der Waals surface area contributed by atoms with Crippen LogP contribution in [0.4, 0.5) is 5.69 Å². The minimum absolute atomic E-state index is 0.0375. The molecule has 0 spiro atoms. The SMILES string of the molecule is COc1nn(-c2ccc(NCC3CCCCC3)cc2)c(=O)o1. The van der Waals surface area contributed by atoms with Crippen molar-refractivity contribution >= 4 is 5.69 Å². The van der Waals surface area contributed by atoms with Gasteiger partial charge in [0.15, 0.2) is 0 Å². The summed E-state index contributed by atoms with van der Waals surface area (Å²) in [6.07, 6.45) is 6.67. The van der Waals surface area contributed by atoms with Gasteiger partial charge in [-0.2, -0.15) is 4.68 Å². The van der Waals surface area contributed by atoms with Crippen LogP contribution < -0.4 is 15.8 Å². The predicted molar refractivity (Wildman–Crippen MR) is 83.7 cm³/mol. The van der Waals surface area contributed by atoms with Gasteiger partial charge in [-0.1, -0.05) is 24.4 Å². The summed E-state index contributed by atoms with van der Waals surface area (Å²) in [6.45, 7) is 1.01. The summed E-state index contributed by atoms with van der Waals surface area (Å²) in [7, 11) is 1.41. The first kappa shape index (κ1) is 14.7. The lowest BCUT2D eigenvalue weighted by molar-refractivity contribution is 0.282. The standard InChI is InChI=1S/C16H21N3O3/c1-21-15-18-19(16(20)22-15)14-9-7-13(8-10-14)17-11-12-5-3-2-4-6-12/h7-10,12,17H,2-6,11H2,1H3. The summed E-state index contributed by atoms with van der Waals surface area (Å²) in [5.74, 6) is 0.218. The van der Waals surface area contributed by atoms with Gasteiger partial charge in [0.2, 0.25) is 0 Å². The molecule has 0 saturated heterocycles. The Kier molecular flexibility index (Phi) is 4.46. The topological polar surface area (TPSA) is 69.3 Å². The molecule has 0 radical (unpaired) electrons. The minimum Gasteiger partial charge on any atom is -0.452 e. The maximum Gasteiger partial charge on any atom is 0.444 e. The molecule has 0 atom stereocenters. The number of anilines is 1. The molecule has 1 aliphatic carbocycles. The number of hydrogen-bond donors (Lipinski definition) is 1. The minimum atomic E-state index is -0.556. The van der Waals surface area contributed by atoms with Gasteiger partial charge in [0, 0.05) is 12.2 Å². The Bertz CT molecular complexity index is 654. The second kappa shape index (κ2) is 6.68. The molecular weight excluding hydrogens is 282 g/mol. The van der Waals surface area contributed by atoms with Gasteiger partial charge in [-0.15, -0.1) is 0 Å². The molecule has 0 unspecified atom stereocenters. The van der Waals surface area contributed by atoms with Crippen molar-refractivity contribution in [3.8, 4) is 11.8 Å². The molecule has 6 nitrogen and oxygen atoms in total. The lowest BCUT2D eigenvalue weighted by atomic mass is 9.89. The summed E-state index contributed by atoms with van der Waals surface area (Å²) in [6, 6.07) is 7.58. The molecule has 1 saturated carbocycles. The van der Waals surface area contributed by atoms with Crippen LogP contribution in [0.2, 0.25) is 0 Å². The number of benzene rings is 1. The fraction of sp³-hybridized carbons (Fsp3) is 0.500. The van der Waals surface area contributed by atoms with E-state index >= 15 is 0 Å². The van der Waals surface area contributed by atoms with Crippen LogP contribution in [0, 0.1) is 5.92 Å². The number of nitrogens with one attached hydrogen (secondary N) is 1. The van der Waals surface area contributed by atoms with E-state index in [1.807, 2.05) is 24.3 Å². The van der Waals surface area contributed by atoms with E-state index in [-0.39, 0.29) is 6.08 Å². The van der Waals surface area contributed by atoms with E-state index in [2.05, 4.69) is 10.4 Å². The van der Waals surface area contributed by atoms with E-state index in [0.29, 0.717) is 5.69 Å². The molecule has 1 aliphatic rings. The Balaban J connectivity index is 1.64. The number of hydrogen-bond acceptors (Lipinski definition) is 5. The molecular formula is C16H21N3O3. The Morgan fingerprint density at radius 1 is 1.27 bits per heavy atom. The zero-order valence-electron chi connectivity index (χ0n) is 12.7. The lowest BCUT2D eigenvalue weighted by Gasteiger charge is -2.22. The molecule has 1 aromatic carbocycles. The summed E-state index contributed by atoms with van der Waals surface area (Å²) in [5, 5.41) is 7.41. The Labute approximate surface area is 129 Å². The summed E-state index contributed by atoms with van der Waals surface area (Å²) >= 11 is 0. The highest BCUT2D eigenvalue weighted by Crippen LogP contribution is 2.24. The van der Waals surface area contributed by atoms with Crippen LogP contribution in [0.25, 0.3) is 5.69 Å². The van der Waals surface area contributed by atoms with Gasteiger partial charge in [-0.3, -0.25) is 0 Å². The van der Waals surface area contributed by atoms with Crippen molar-refractivity contribution in [2.75, 3.05) is 19.0 Å². The van der Waals surface area contributed by atoms with Gasteiger partial charge in [-0.25, -0.2) is 4.79 Å². The summed E-state index contributed by atoms with van der Waals surface area (Å²) < 4.78 is 10.8. The molecule has 0 amide bonds. The van der Waals surface area contributed by atoms with Gasteiger partial charge >= 0.3 is 11.8 Å². The van der Waals surface area contributed by atoms with Crippen LogP contribution in [0.3, 0.4) is 0 Å². The van der Waals surface area contributed by atoms with E-state index in [4.69, 9.17) is 9.15 Å². The second-order valence-corrected chi connectivity index (χ2v) is 5.68. The summed E-state index contributed by atoms with van der Waals surface area (Å²) in [5.41, 5.74) is 1.71. The fourth-order valence-electron chi connectivity index (χ4n) is 2.88. The van der Waals surface area contributed by atoms with E-state index in [1.54, 1.807) is 0 Å². The average molecular weight is 303 g/mol. The largest absolute Gasteiger partial charge is 0.452 e. The number of ether oxygens (including phenoxy) is 1. The molecule has 1 heterocycles. The molecule has 0 aliphatic heterocycles. The zero-order chi connectivity index (χ0) is 15.4. The van der Waals surface area contributed by atoms with E-state index < -0.39 is 5.76 Å². The van der Waals surface area contributed by atoms with Gasteiger partial charge in [0.1, 0.15) is 0 Å². The second-order valence-electron chi connectivity index (χ2n) is 5.68. The molecule has 1 fully saturated rings. The molecule has 1 aromatic heterocycles. The van der Waals surface area contributed by atoms with Gasteiger partial charge < -0.3 is 14.5 Å². The quantitative estimate of drug-likeness (QED) is 0.919. The Hall–Kier alpha value is -2.24. The zero-order valence-corrected chi connectivity index (χ0v) is 12.7. The number of rotatable bonds is 5. The lowest BCUT2D eigenvalue weighted by Crippen LogP contribution is -2.17. The monoisotopic (exact) mass is 303 g/mol. The van der Waals surface area contributed by atoms with E-state index in [9.17, 15) is 4.79 Å². The first-order valence-electron chi connectivity index (χ1n) is 7.75. The van der Waals surface area contributed by atoms with Crippen LogP contribution in [0.15, 0.2) is 33.5 Å². The highest BCUT2D eigenvalue weighted by Gasteiger charge is 2.13. The van der Waals surface area contributed by atoms with Crippen molar-refractivity contribution in [2.45, 2.75) is 32.1 Å². The fourth-order valence-corrected chi connectivity index (χ4v) is 2.88. The first-order chi connectivity index (χ1) is 10.8. The van der Waals surface area contributed by atoms with Crippen LogP contribution in [0.1, 0.15) is 32.1 Å². The van der Waals surface area contributed by atoms with E-state index in [1.165, 1.54) is 43.9 Å². The van der Waals surface area contributed by atoms with Gasteiger partial charge in [0.25, 0.3) is 0 Å². The van der Waals surface area contributed by atoms with Gasteiger partial charge in [-0.05, 0) is 43.0 Å². The predicted octanol–water partition coefficient (Wildman–Crippen LogP) is 2.83. The highest BCUT2D eigenvalue weighted by atomic mass is 16.6. The van der Waals surface area contributed by atoms with Crippen molar-refractivity contribution in [3.63, 3.8) is 0 Å². The molecule has 1 N–H and O–H groups in total. The number of nitrogens with zero attached hydrogens (tertiary/aromatic N) is 2. The maximum atomic E-state index is 11.7.